The Morgan fingerprint density at radius 3 is 1.63 bits per heavy atom. The van der Waals surface area contributed by atoms with Crippen LogP contribution >= 0.6 is 0 Å². The molecule has 30 heavy (non-hydrogen) atoms. The van der Waals surface area contributed by atoms with E-state index in [9.17, 15) is 37.3 Å². The van der Waals surface area contributed by atoms with Crippen LogP contribution in [0.25, 0.3) is 0 Å². The number of nitrogens with zero attached hydrogens (tertiary/aromatic N) is 1. The summed E-state index contributed by atoms with van der Waals surface area (Å²) in [5, 5.41) is 27.0. The second-order valence-corrected chi connectivity index (χ2v) is 5.62. The van der Waals surface area contributed by atoms with E-state index in [4.69, 9.17) is 27.7 Å². The van der Waals surface area contributed by atoms with Gasteiger partial charge in [-0.3, -0.25) is 19.2 Å². The number of carboxylic acid groups (broad SMARTS) is 2. The smallest absolute Gasteiger partial charge is 0.394 e. The second kappa shape index (κ2) is 10.8. The summed E-state index contributed by atoms with van der Waals surface area (Å²) in [5.41, 5.74) is -2.12. The molecule has 0 fully saturated rings. The molecule has 2 rings (SSSR count). The van der Waals surface area contributed by atoms with Crippen molar-refractivity contribution in [2.75, 3.05) is 0 Å². The van der Waals surface area contributed by atoms with E-state index in [-0.39, 0.29) is 17.7 Å². The molecule has 0 saturated heterocycles. The van der Waals surface area contributed by atoms with Gasteiger partial charge in [-0.25, -0.2) is 27.2 Å². The van der Waals surface area contributed by atoms with E-state index in [2.05, 4.69) is 0 Å². The monoisotopic (exact) mass is 459 g/mol. The van der Waals surface area contributed by atoms with Crippen LogP contribution in [-0.4, -0.2) is 44.6 Å². The highest BCUT2D eigenvalue weighted by molar-refractivity contribution is 7.79. The first-order valence-electron chi connectivity index (χ1n) is 6.79. The van der Waals surface area contributed by atoms with Crippen LogP contribution in [0.2, 0.25) is 0 Å². The lowest BCUT2D eigenvalue weighted by Crippen LogP contribution is -2.04. The molecule has 0 spiro atoms. The highest BCUT2D eigenvalue weighted by Gasteiger charge is 2.23. The zero-order chi connectivity index (χ0) is 23.8. The maximum atomic E-state index is 12.5. The Bertz CT molecular complexity index is 1030. The lowest BCUT2D eigenvalue weighted by Gasteiger charge is -1.98. The van der Waals surface area contributed by atoms with Crippen LogP contribution in [-0.2, 0) is 10.4 Å². The molecule has 0 aliphatic heterocycles. The third kappa shape index (κ3) is 9.53. The molecular formula is C14H9F4NO10S. The Balaban J connectivity index is 0.000000468. The first-order chi connectivity index (χ1) is 13.5. The zero-order valence-corrected chi connectivity index (χ0v) is 14.8. The Morgan fingerprint density at radius 1 is 0.833 bits per heavy atom. The summed E-state index contributed by atoms with van der Waals surface area (Å²) < 4.78 is 81.1. The lowest BCUT2D eigenvalue weighted by atomic mass is 10.1. The number of hydrogen-bond acceptors (Lipinski definition) is 6. The molecule has 4 N–H and O–H groups in total. The van der Waals surface area contributed by atoms with Crippen molar-refractivity contribution >= 4 is 28.0 Å². The highest BCUT2D eigenvalue weighted by Crippen LogP contribution is 2.21. The zero-order valence-electron chi connectivity index (χ0n) is 14.0. The van der Waals surface area contributed by atoms with E-state index < -0.39 is 61.8 Å². The number of benzene rings is 2. The van der Waals surface area contributed by atoms with Crippen LogP contribution in [0.4, 0.5) is 23.2 Å². The molecule has 2 aromatic rings. The Morgan fingerprint density at radius 2 is 1.27 bits per heavy atom. The average Bonchev–Trinajstić information content (AvgIpc) is 2.58. The molecule has 16 heteroatoms. The van der Waals surface area contributed by atoms with Gasteiger partial charge in [0, 0.05) is 0 Å². The predicted molar refractivity (Wildman–Crippen MR) is 87.5 cm³/mol. The largest absolute Gasteiger partial charge is 0.478 e. The van der Waals surface area contributed by atoms with Gasteiger partial charge >= 0.3 is 22.3 Å². The van der Waals surface area contributed by atoms with Gasteiger partial charge in [-0.05, 0) is 24.3 Å². The first-order valence-corrected chi connectivity index (χ1v) is 8.19. The number of nitro benzene ring substituents is 1. The molecule has 0 bridgehead atoms. The quantitative estimate of drug-likeness (QED) is 0.229. The molecule has 0 aliphatic rings. The Kier molecular flexibility index (Phi) is 9.48. The summed E-state index contributed by atoms with van der Waals surface area (Å²) in [7, 11) is -4.67. The van der Waals surface area contributed by atoms with Crippen molar-refractivity contribution in [2.45, 2.75) is 0 Å². The Labute approximate surface area is 163 Å². The van der Waals surface area contributed by atoms with Gasteiger partial charge in [-0.1, -0.05) is 0 Å². The first kappa shape index (κ1) is 26.4. The van der Waals surface area contributed by atoms with Crippen LogP contribution < -0.4 is 0 Å². The molecule has 0 radical (unpaired) electrons. The molecule has 0 unspecified atom stereocenters. The van der Waals surface area contributed by atoms with Gasteiger partial charge in [-0.2, -0.15) is 8.42 Å². The summed E-state index contributed by atoms with van der Waals surface area (Å²) in [6.45, 7) is 0. The molecule has 0 heterocycles. The van der Waals surface area contributed by atoms with Gasteiger partial charge in [0.1, 0.15) is 5.56 Å². The van der Waals surface area contributed by atoms with Gasteiger partial charge in [0.25, 0.3) is 5.69 Å². The number of nitro groups is 1. The second-order valence-electron chi connectivity index (χ2n) is 4.73. The van der Waals surface area contributed by atoms with Crippen LogP contribution in [0.15, 0.2) is 30.3 Å². The minimum Gasteiger partial charge on any atom is -0.478 e. The summed E-state index contributed by atoms with van der Waals surface area (Å²) >= 11 is 0. The number of carboxylic acids is 2. The normalized spacial score (nSPS) is 10.1. The van der Waals surface area contributed by atoms with Gasteiger partial charge in [0.2, 0.25) is 0 Å². The maximum Gasteiger partial charge on any atom is 0.394 e. The van der Waals surface area contributed by atoms with Gasteiger partial charge < -0.3 is 10.2 Å². The van der Waals surface area contributed by atoms with Crippen LogP contribution in [0.5, 0.6) is 0 Å². The minimum absolute atomic E-state index is 0.235. The number of hydrogen-bond donors (Lipinski definition) is 4. The topological polar surface area (TPSA) is 192 Å². The van der Waals surface area contributed by atoms with Crippen molar-refractivity contribution in [3.63, 3.8) is 0 Å². The third-order valence-corrected chi connectivity index (χ3v) is 2.63. The van der Waals surface area contributed by atoms with Gasteiger partial charge in [-0.15, -0.1) is 0 Å². The van der Waals surface area contributed by atoms with Gasteiger partial charge in [0.15, 0.2) is 23.3 Å². The van der Waals surface area contributed by atoms with E-state index in [0.717, 1.165) is 12.1 Å². The summed E-state index contributed by atoms with van der Waals surface area (Å²) in [6.07, 6.45) is 0. The van der Waals surface area contributed by atoms with E-state index in [0.29, 0.717) is 6.07 Å². The lowest BCUT2D eigenvalue weighted by molar-refractivity contribution is -0.385. The van der Waals surface area contributed by atoms with Crippen molar-refractivity contribution in [3.05, 3.63) is 74.8 Å². The molecule has 0 saturated carbocycles. The van der Waals surface area contributed by atoms with Crippen LogP contribution in [0, 0.1) is 33.4 Å². The van der Waals surface area contributed by atoms with Gasteiger partial charge in [0.05, 0.1) is 16.6 Å². The third-order valence-electron chi connectivity index (χ3n) is 2.63. The number of carbonyl (C=O) groups is 2. The van der Waals surface area contributed by atoms with E-state index in [1.807, 2.05) is 0 Å². The SMILES string of the molecule is O=C(O)c1cc(F)c(F)cc1[N+](=O)[O-].O=C(O)c1ccc(F)c(F)c1.O=S(=O)(O)O. The van der Waals surface area contributed by atoms with Crippen molar-refractivity contribution in [1.82, 2.24) is 0 Å². The molecule has 164 valence electrons. The number of aromatic carboxylic acids is 2. The fourth-order valence-corrected chi connectivity index (χ4v) is 1.49. The van der Waals surface area contributed by atoms with Crippen molar-refractivity contribution in [2.24, 2.45) is 0 Å². The molecular weight excluding hydrogens is 450 g/mol. The molecule has 0 aromatic heterocycles. The standard InChI is InChI=1S/C7H3F2NO4.C7H4F2O2.H2O4S/c8-4-1-3(7(11)12)6(10(13)14)2-5(4)9;8-5-2-1-4(7(10)11)3-6(5)9;1-5(2,3)4/h1-2H,(H,11,12);1-3H,(H,10,11);(H2,1,2,3,4). The van der Waals surface area contributed by atoms with Crippen LogP contribution in [0.1, 0.15) is 20.7 Å². The predicted octanol–water partition coefficient (Wildman–Crippen LogP) is 2.58. The van der Waals surface area contributed by atoms with Crippen LogP contribution in [0.3, 0.4) is 0 Å². The number of halogens is 4. The van der Waals surface area contributed by atoms with Crippen molar-refractivity contribution in [1.29, 1.82) is 0 Å². The minimum atomic E-state index is -4.67. The highest BCUT2D eigenvalue weighted by atomic mass is 32.3. The van der Waals surface area contributed by atoms with Crippen molar-refractivity contribution in [3.8, 4) is 0 Å². The van der Waals surface area contributed by atoms with E-state index in [1.165, 1.54) is 0 Å². The van der Waals surface area contributed by atoms with E-state index in [1.54, 1.807) is 0 Å². The average molecular weight is 459 g/mol. The maximum absolute atomic E-state index is 12.5. The number of rotatable bonds is 3. The fraction of sp³-hybridized carbons (Fsp3) is 0. The summed E-state index contributed by atoms with van der Waals surface area (Å²) in [5.74, 6) is -8.05. The molecule has 2 aromatic carbocycles. The summed E-state index contributed by atoms with van der Waals surface area (Å²) in [4.78, 5) is 29.7. The van der Waals surface area contributed by atoms with E-state index >= 15 is 0 Å². The molecule has 0 atom stereocenters. The Hall–Kier alpha value is -3.63. The molecule has 0 amide bonds. The summed E-state index contributed by atoms with van der Waals surface area (Å²) in [6, 6.07) is 2.92. The van der Waals surface area contributed by atoms with Crippen molar-refractivity contribution < 1.29 is 59.8 Å². The molecule has 0 aliphatic carbocycles. The molecule has 11 nitrogen and oxygen atoms in total. The fourth-order valence-electron chi connectivity index (χ4n) is 1.49.